The molecule has 2 N–H and O–H groups in total. The van der Waals surface area contributed by atoms with Gasteiger partial charge in [-0.1, -0.05) is 89.8 Å². The fraction of sp³-hybridized carbons (Fsp3) is 0.625. The molecule has 0 bridgehead atoms. The quantitative estimate of drug-likeness (QED) is 0.261. The van der Waals surface area contributed by atoms with Gasteiger partial charge in [0.1, 0.15) is 11.3 Å². The van der Waals surface area contributed by atoms with E-state index in [1.165, 1.54) is 70.3 Å². The third-order valence-corrected chi connectivity index (χ3v) is 4.65. The van der Waals surface area contributed by atoms with Crippen molar-refractivity contribution in [3.8, 4) is 5.75 Å². The molecule has 0 unspecified atom stereocenters. The van der Waals surface area contributed by atoms with Crippen LogP contribution in [0.2, 0.25) is 0 Å². The summed E-state index contributed by atoms with van der Waals surface area (Å²) in [7, 11) is 0. The number of carbonyl (C=O) groups is 1. The normalized spacial score (nSPS) is 10.1. The second-order valence-corrected chi connectivity index (χ2v) is 7.13. The molecule has 0 radical (unpaired) electrons. The molecule has 0 aliphatic carbocycles. The summed E-state index contributed by atoms with van der Waals surface area (Å²) in [5, 5.41) is 18.7. The van der Waals surface area contributed by atoms with Crippen LogP contribution in [0.5, 0.6) is 5.75 Å². The highest BCUT2D eigenvalue weighted by Gasteiger charge is 2.14. The van der Waals surface area contributed by atoms with Crippen LogP contribution in [0.4, 0.5) is 0 Å². The highest BCUT2D eigenvalue weighted by atomic mass is 16.4. The number of allylic oxidation sites excluding steroid dienone is 1. The van der Waals surface area contributed by atoms with Crippen LogP contribution in [0.3, 0.4) is 0 Å². The van der Waals surface area contributed by atoms with Crippen molar-refractivity contribution in [1.29, 1.82) is 0 Å². The molecule has 0 aliphatic heterocycles. The maximum absolute atomic E-state index is 11.1. The molecule has 1 aromatic rings. The Morgan fingerprint density at radius 2 is 1.48 bits per heavy atom. The number of aromatic carboxylic acids is 1. The van der Waals surface area contributed by atoms with Crippen molar-refractivity contribution in [3.05, 3.63) is 42.0 Å². The van der Waals surface area contributed by atoms with Crippen molar-refractivity contribution < 1.29 is 15.0 Å². The van der Waals surface area contributed by atoms with Crippen LogP contribution in [0.1, 0.15) is 107 Å². The number of rotatable bonds is 14. The topological polar surface area (TPSA) is 57.5 Å². The van der Waals surface area contributed by atoms with E-state index in [1.807, 2.05) is 6.08 Å². The number of unbranched alkanes of at least 4 members (excludes halogenated alkanes) is 10. The summed E-state index contributed by atoms with van der Waals surface area (Å²) in [5.74, 6) is -1.18. The van der Waals surface area contributed by atoms with Crippen LogP contribution in [-0.4, -0.2) is 16.2 Å². The maximum atomic E-state index is 11.1. The first kappa shape index (κ1) is 25.2. The Bertz CT molecular complexity index is 508. The minimum Gasteiger partial charge on any atom is -0.507 e. The van der Waals surface area contributed by atoms with E-state index in [4.69, 9.17) is 5.11 Å². The summed E-state index contributed by atoms with van der Waals surface area (Å²) in [6, 6.07) is 4.93. The largest absolute Gasteiger partial charge is 0.507 e. The molecule has 0 aromatic heterocycles. The van der Waals surface area contributed by atoms with Crippen LogP contribution < -0.4 is 0 Å². The highest BCUT2D eigenvalue weighted by molar-refractivity contribution is 5.92. The SMILES string of the molecule is C=CCCCCCC.CCCCCCCCCc1cccc(O)c1C(=O)O. The highest BCUT2D eigenvalue weighted by Crippen LogP contribution is 2.23. The van der Waals surface area contributed by atoms with E-state index in [1.54, 1.807) is 12.1 Å². The number of hydrogen-bond donors (Lipinski definition) is 2. The zero-order valence-corrected chi connectivity index (χ0v) is 17.5. The molecular weight excluding hydrogens is 336 g/mol. The predicted molar refractivity (Wildman–Crippen MR) is 116 cm³/mol. The maximum Gasteiger partial charge on any atom is 0.339 e. The van der Waals surface area contributed by atoms with E-state index in [2.05, 4.69) is 20.4 Å². The molecule has 0 heterocycles. The van der Waals surface area contributed by atoms with Crippen molar-refractivity contribution in [2.45, 2.75) is 97.3 Å². The van der Waals surface area contributed by atoms with Crippen LogP contribution in [-0.2, 0) is 6.42 Å². The van der Waals surface area contributed by atoms with Gasteiger partial charge in [0.25, 0.3) is 0 Å². The number of phenols is 1. The van der Waals surface area contributed by atoms with E-state index in [0.717, 1.165) is 24.8 Å². The molecule has 3 heteroatoms. The van der Waals surface area contributed by atoms with Gasteiger partial charge in [-0.25, -0.2) is 4.79 Å². The second kappa shape index (κ2) is 17.6. The average molecular weight is 377 g/mol. The molecule has 27 heavy (non-hydrogen) atoms. The minimum absolute atomic E-state index is 0.0634. The number of aryl methyl sites for hydroxylation is 1. The van der Waals surface area contributed by atoms with Gasteiger partial charge in [0.15, 0.2) is 0 Å². The van der Waals surface area contributed by atoms with Crippen molar-refractivity contribution >= 4 is 5.97 Å². The van der Waals surface area contributed by atoms with Crippen molar-refractivity contribution in [2.24, 2.45) is 0 Å². The molecule has 0 saturated carbocycles. The van der Waals surface area contributed by atoms with Crippen molar-refractivity contribution in [2.75, 3.05) is 0 Å². The standard InChI is InChI=1S/C16H24O3.C8H16/c1-2-3-4-5-6-7-8-10-13-11-9-12-14(17)15(13)16(18)19;1-3-5-7-8-6-4-2/h9,11-12,17H,2-8,10H2,1H3,(H,18,19);3H,1,4-8H2,2H3. The molecule has 154 valence electrons. The lowest BCUT2D eigenvalue weighted by atomic mass is 9.99. The van der Waals surface area contributed by atoms with E-state index >= 15 is 0 Å². The molecule has 1 aromatic carbocycles. The third kappa shape index (κ3) is 13.1. The van der Waals surface area contributed by atoms with Crippen LogP contribution >= 0.6 is 0 Å². The Balaban J connectivity index is 0.000000713. The molecule has 1 rings (SSSR count). The van der Waals surface area contributed by atoms with Gasteiger partial charge in [-0.15, -0.1) is 6.58 Å². The first-order chi connectivity index (χ1) is 13.1. The molecule has 0 saturated heterocycles. The molecule has 0 amide bonds. The number of benzene rings is 1. The van der Waals surface area contributed by atoms with Gasteiger partial charge >= 0.3 is 5.97 Å². The fourth-order valence-corrected chi connectivity index (χ4v) is 3.03. The van der Waals surface area contributed by atoms with Gasteiger partial charge in [0, 0.05) is 0 Å². The number of hydrogen-bond acceptors (Lipinski definition) is 2. The molecule has 0 fully saturated rings. The summed E-state index contributed by atoms with van der Waals surface area (Å²) < 4.78 is 0. The van der Waals surface area contributed by atoms with E-state index < -0.39 is 5.97 Å². The predicted octanol–water partition coefficient (Wildman–Crippen LogP) is 7.53. The lowest BCUT2D eigenvalue weighted by molar-refractivity contribution is 0.0692. The molecular formula is C24H40O3. The summed E-state index contributed by atoms with van der Waals surface area (Å²) in [6.07, 6.45) is 17.8. The monoisotopic (exact) mass is 376 g/mol. The van der Waals surface area contributed by atoms with Gasteiger partial charge < -0.3 is 10.2 Å². The average Bonchev–Trinajstić information content (AvgIpc) is 2.65. The van der Waals surface area contributed by atoms with Crippen molar-refractivity contribution in [1.82, 2.24) is 0 Å². The van der Waals surface area contributed by atoms with E-state index in [0.29, 0.717) is 0 Å². The Morgan fingerprint density at radius 1 is 0.926 bits per heavy atom. The second-order valence-electron chi connectivity index (χ2n) is 7.13. The summed E-state index contributed by atoms with van der Waals surface area (Å²) in [4.78, 5) is 11.1. The van der Waals surface area contributed by atoms with Gasteiger partial charge in [0.2, 0.25) is 0 Å². The van der Waals surface area contributed by atoms with Crippen LogP contribution in [0.25, 0.3) is 0 Å². The molecule has 0 aliphatic rings. The lowest BCUT2D eigenvalue weighted by Crippen LogP contribution is -2.03. The Morgan fingerprint density at radius 3 is 2.04 bits per heavy atom. The number of aromatic hydroxyl groups is 1. The Hall–Kier alpha value is -1.77. The van der Waals surface area contributed by atoms with E-state index in [-0.39, 0.29) is 11.3 Å². The first-order valence-electron chi connectivity index (χ1n) is 10.7. The third-order valence-electron chi connectivity index (χ3n) is 4.65. The Labute approximate surface area is 166 Å². The van der Waals surface area contributed by atoms with Gasteiger partial charge in [0.05, 0.1) is 0 Å². The van der Waals surface area contributed by atoms with Gasteiger partial charge in [-0.3, -0.25) is 0 Å². The van der Waals surface area contributed by atoms with Gasteiger partial charge in [-0.2, -0.15) is 0 Å². The molecule has 3 nitrogen and oxygen atoms in total. The van der Waals surface area contributed by atoms with E-state index in [9.17, 15) is 9.90 Å². The zero-order valence-electron chi connectivity index (χ0n) is 17.5. The summed E-state index contributed by atoms with van der Waals surface area (Å²) >= 11 is 0. The fourth-order valence-electron chi connectivity index (χ4n) is 3.03. The van der Waals surface area contributed by atoms with Crippen molar-refractivity contribution in [3.63, 3.8) is 0 Å². The van der Waals surface area contributed by atoms with Gasteiger partial charge in [-0.05, 0) is 37.3 Å². The van der Waals surface area contributed by atoms with Crippen LogP contribution in [0, 0.1) is 0 Å². The summed E-state index contributed by atoms with van der Waals surface area (Å²) in [6.45, 7) is 8.09. The molecule has 0 atom stereocenters. The summed E-state index contributed by atoms with van der Waals surface area (Å²) in [5.41, 5.74) is 0.801. The zero-order chi connectivity index (χ0) is 20.3. The molecule has 0 spiro atoms. The number of carboxylic acid groups (broad SMARTS) is 1. The van der Waals surface area contributed by atoms with Crippen LogP contribution in [0.15, 0.2) is 30.9 Å². The lowest BCUT2D eigenvalue weighted by Gasteiger charge is -2.07. The number of carboxylic acids is 1. The Kier molecular flexibility index (Phi) is 16.5. The minimum atomic E-state index is -1.05. The first-order valence-corrected chi connectivity index (χ1v) is 10.7. The smallest absolute Gasteiger partial charge is 0.339 e.